The van der Waals surface area contributed by atoms with Crippen molar-refractivity contribution in [2.24, 2.45) is 0 Å². The number of carbonyl (C=O) groups excluding carboxylic acids is 2. The number of nitrogens with one attached hydrogen (secondary N) is 1. The maximum absolute atomic E-state index is 14.0. The number of carbonyl (C=O) groups is 2. The van der Waals surface area contributed by atoms with Gasteiger partial charge in [0, 0.05) is 82.5 Å². The van der Waals surface area contributed by atoms with Crippen molar-refractivity contribution in [3.8, 4) is 0 Å². The topological polar surface area (TPSA) is 68.4 Å². The van der Waals surface area contributed by atoms with Gasteiger partial charge in [0.15, 0.2) is 0 Å². The summed E-state index contributed by atoms with van der Waals surface area (Å²) >= 11 is 0. The summed E-state index contributed by atoms with van der Waals surface area (Å²) in [5.41, 5.74) is 6.01. The Hall–Kier alpha value is -2.94. The quantitative estimate of drug-likeness (QED) is 0.512. The van der Waals surface area contributed by atoms with Crippen LogP contribution >= 0.6 is 0 Å². The van der Waals surface area contributed by atoms with Gasteiger partial charge in [-0.05, 0) is 60.9 Å². The minimum absolute atomic E-state index is 0.0735. The molecule has 8 heteroatoms. The Morgan fingerprint density at radius 3 is 2.55 bits per heavy atom. The number of rotatable bonds is 8. The molecule has 2 amide bonds. The summed E-state index contributed by atoms with van der Waals surface area (Å²) in [4.78, 5) is 37.9. The molecule has 2 fully saturated rings. The number of hydrogen-bond donors (Lipinski definition) is 1. The zero-order valence-corrected chi connectivity index (χ0v) is 24.2. The van der Waals surface area contributed by atoms with E-state index in [2.05, 4.69) is 57.6 Å². The number of anilines is 1. The fourth-order valence-corrected chi connectivity index (χ4v) is 6.97. The summed E-state index contributed by atoms with van der Waals surface area (Å²) in [7, 11) is 3.70. The van der Waals surface area contributed by atoms with Gasteiger partial charge in [0.1, 0.15) is 0 Å². The molecule has 40 heavy (non-hydrogen) atoms. The van der Waals surface area contributed by atoms with E-state index in [4.69, 9.17) is 4.84 Å². The first kappa shape index (κ1) is 27.2. The van der Waals surface area contributed by atoms with Crippen LogP contribution in [0, 0.1) is 0 Å². The van der Waals surface area contributed by atoms with Gasteiger partial charge in [-0.3, -0.25) is 14.5 Å². The van der Waals surface area contributed by atoms with Gasteiger partial charge in [0.05, 0.1) is 13.2 Å². The lowest BCUT2D eigenvalue weighted by molar-refractivity contribution is -0.149. The van der Waals surface area contributed by atoms with Crippen LogP contribution in [0.25, 0.3) is 0 Å². The third-order valence-corrected chi connectivity index (χ3v) is 9.68. The number of fused-ring (bicyclic) bond motifs is 3. The number of benzene rings is 2. The first-order valence-electron chi connectivity index (χ1n) is 14.9. The summed E-state index contributed by atoms with van der Waals surface area (Å²) in [5, 5.41) is 5.59. The fourth-order valence-electron chi connectivity index (χ4n) is 6.97. The van der Waals surface area contributed by atoms with Crippen LogP contribution < -0.4 is 5.32 Å². The summed E-state index contributed by atoms with van der Waals surface area (Å²) in [6, 6.07) is 15.5. The van der Waals surface area contributed by atoms with E-state index in [0.717, 1.165) is 82.6 Å². The van der Waals surface area contributed by atoms with Gasteiger partial charge in [-0.1, -0.05) is 30.3 Å². The molecule has 1 saturated carbocycles. The number of likely N-dealkylation sites (tertiary alicyclic amines) is 1. The molecule has 2 aromatic carbocycles. The first-order chi connectivity index (χ1) is 19.3. The molecule has 1 spiro atoms. The molecule has 0 bridgehead atoms. The van der Waals surface area contributed by atoms with Crippen LogP contribution in [0.15, 0.2) is 42.5 Å². The van der Waals surface area contributed by atoms with Crippen molar-refractivity contribution in [3.63, 3.8) is 0 Å². The second-order valence-electron chi connectivity index (χ2n) is 12.3. The standard InChI is InChI=1S/C32H43N5O3/c1-23(38)36-16-11-26(12-17-36)33-27-8-9-30-29(18-27)31(39)37(22-32(30)13-14-32)21-28(34(2)40-3)20-35-15-10-24-6-4-5-7-25(24)19-35/h4-9,18,26,28,33H,10-17,19-22H2,1-3H3. The van der Waals surface area contributed by atoms with Crippen LogP contribution in [-0.2, 0) is 28.0 Å². The Bertz CT molecular complexity index is 1250. The van der Waals surface area contributed by atoms with Crippen LogP contribution in [-0.4, -0.2) is 97.1 Å². The molecule has 1 N–H and O–H groups in total. The molecule has 1 unspecified atom stereocenters. The van der Waals surface area contributed by atoms with Gasteiger partial charge < -0.3 is 20.0 Å². The molecule has 1 atom stereocenters. The number of hydrogen-bond acceptors (Lipinski definition) is 6. The molecule has 3 aliphatic heterocycles. The highest BCUT2D eigenvalue weighted by Gasteiger charge is 2.51. The Morgan fingerprint density at radius 1 is 1.10 bits per heavy atom. The maximum Gasteiger partial charge on any atom is 0.254 e. The largest absolute Gasteiger partial charge is 0.382 e. The van der Waals surface area contributed by atoms with Gasteiger partial charge in [-0.15, -0.1) is 0 Å². The van der Waals surface area contributed by atoms with Crippen molar-refractivity contribution in [2.75, 3.05) is 58.7 Å². The summed E-state index contributed by atoms with van der Waals surface area (Å²) in [6.07, 6.45) is 5.17. The number of hydroxylamine groups is 2. The van der Waals surface area contributed by atoms with E-state index in [9.17, 15) is 9.59 Å². The Morgan fingerprint density at radius 2 is 1.85 bits per heavy atom. The Balaban J connectivity index is 1.16. The highest BCUT2D eigenvalue weighted by atomic mass is 16.7. The van der Waals surface area contributed by atoms with Crippen LogP contribution in [0.2, 0.25) is 0 Å². The van der Waals surface area contributed by atoms with Gasteiger partial charge in [-0.2, -0.15) is 5.06 Å². The number of nitrogens with zero attached hydrogens (tertiary/aromatic N) is 4. The molecule has 0 aromatic heterocycles. The molecule has 8 nitrogen and oxygen atoms in total. The predicted octanol–water partition coefficient (Wildman–Crippen LogP) is 3.52. The normalized spacial score (nSPS) is 21.4. The maximum atomic E-state index is 14.0. The second-order valence-corrected chi connectivity index (χ2v) is 12.3. The molecule has 4 aliphatic rings. The van der Waals surface area contributed by atoms with E-state index in [1.165, 1.54) is 16.7 Å². The SMILES string of the molecule is CON(C)C(CN1CCc2ccccc2C1)CN1CC2(CC2)c2ccc(NC3CCN(C(C)=O)CC3)cc2C1=O. The lowest BCUT2D eigenvalue weighted by Crippen LogP contribution is -2.53. The molecule has 1 saturated heterocycles. The van der Waals surface area contributed by atoms with Crippen LogP contribution in [0.5, 0.6) is 0 Å². The van der Waals surface area contributed by atoms with Gasteiger partial charge in [0.25, 0.3) is 5.91 Å². The van der Waals surface area contributed by atoms with Crippen molar-refractivity contribution in [2.45, 2.75) is 63.1 Å². The van der Waals surface area contributed by atoms with Gasteiger partial charge in [0.2, 0.25) is 5.91 Å². The summed E-state index contributed by atoms with van der Waals surface area (Å²) < 4.78 is 0. The van der Waals surface area contributed by atoms with Crippen molar-refractivity contribution in [3.05, 3.63) is 64.7 Å². The smallest absolute Gasteiger partial charge is 0.254 e. The second kappa shape index (κ2) is 11.1. The van der Waals surface area contributed by atoms with E-state index in [1.54, 1.807) is 14.0 Å². The van der Waals surface area contributed by atoms with Crippen molar-refractivity contribution < 1.29 is 14.4 Å². The van der Waals surface area contributed by atoms with Crippen molar-refractivity contribution >= 4 is 17.5 Å². The zero-order chi connectivity index (χ0) is 27.9. The zero-order valence-electron chi connectivity index (χ0n) is 24.2. The summed E-state index contributed by atoms with van der Waals surface area (Å²) in [6.45, 7) is 7.44. The highest BCUT2D eigenvalue weighted by Crippen LogP contribution is 2.52. The Kier molecular flexibility index (Phi) is 7.59. The molecule has 2 aromatic rings. The summed E-state index contributed by atoms with van der Waals surface area (Å²) in [5.74, 6) is 0.274. The van der Waals surface area contributed by atoms with E-state index in [1.807, 2.05) is 17.0 Å². The molecule has 3 heterocycles. The van der Waals surface area contributed by atoms with Crippen LogP contribution in [0.4, 0.5) is 5.69 Å². The van der Waals surface area contributed by atoms with E-state index >= 15 is 0 Å². The lowest BCUT2D eigenvalue weighted by Gasteiger charge is -2.40. The highest BCUT2D eigenvalue weighted by molar-refractivity contribution is 5.99. The van der Waals surface area contributed by atoms with Crippen molar-refractivity contribution in [1.29, 1.82) is 0 Å². The Labute approximate surface area is 238 Å². The average molecular weight is 546 g/mol. The predicted molar refractivity (Wildman–Crippen MR) is 156 cm³/mol. The molecule has 6 rings (SSSR count). The lowest BCUT2D eigenvalue weighted by atomic mass is 9.85. The minimum atomic E-state index is 0.0735. The van der Waals surface area contributed by atoms with Gasteiger partial charge in [-0.25, -0.2) is 0 Å². The third kappa shape index (κ3) is 5.49. The average Bonchev–Trinajstić information content (AvgIpc) is 3.75. The first-order valence-corrected chi connectivity index (χ1v) is 14.9. The molecule has 0 radical (unpaired) electrons. The molecule has 214 valence electrons. The van der Waals surface area contributed by atoms with Crippen LogP contribution in [0.1, 0.15) is 59.7 Å². The van der Waals surface area contributed by atoms with Crippen molar-refractivity contribution in [1.82, 2.24) is 19.8 Å². The molecular weight excluding hydrogens is 502 g/mol. The number of likely N-dealkylation sites (N-methyl/N-ethyl adjacent to an activating group) is 1. The van der Waals surface area contributed by atoms with E-state index < -0.39 is 0 Å². The minimum Gasteiger partial charge on any atom is -0.382 e. The molecule has 1 aliphatic carbocycles. The number of amides is 2. The van der Waals surface area contributed by atoms with Crippen LogP contribution in [0.3, 0.4) is 0 Å². The molecular formula is C32H43N5O3. The van der Waals surface area contributed by atoms with E-state index in [0.29, 0.717) is 12.6 Å². The van der Waals surface area contributed by atoms with Gasteiger partial charge >= 0.3 is 0 Å². The number of piperidine rings is 1. The third-order valence-electron chi connectivity index (χ3n) is 9.68. The van der Waals surface area contributed by atoms with E-state index in [-0.39, 0.29) is 23.3 Å². The fraction of sp³-hybridized carbons (Fsp3) is 0.562. The monoisotopic (exact) mass is 545 g/mol.